The van der Waals surface area contributed by atoms with Crippen LogP contribution in [0.25, 0.3) is 0 Å². The van der Waals surface area contributed by atoms with Gasteiger partial charge < -0.3 is 55.7 Å². The number of aliphatic hydroxyl groups is 7. The first-order chi connectivity index (χ1) is 14.4. The van der Waals surface area contributed by atoms with Gasteiger partial charge in [-0.25, -0.2) is 4.84 Å². The molecule has 2 aliphatic rings. The number of amides is 2. The lowest BCUT2D eigenvalue weighted by Gasteiger charge is -2.46. The lowest BCUT2D eigenvalue weighted by molar-refractivity contribution is -0.364. The van der Waals surface area contributed by atoms with Crippen LogP contribution in [0.2, 0.25) is 0 Å². The first kappa shape index (κ1) is 25.9. The molecule has 0 aromatic carbocycles. The number of ether oxygens (including phenoxy) is 3. The number of hydrogen-bond donors (Lipinski definition) is 8. The summed E-state index contributed by atoms with van der Waals surface area (Å²) in [6, 6.07) is 0. The van der Waals surface area contributed by atoms with Crippen LogP contribution in [0.5, 0.6) is 0 Å². The summed E-state index contributed by atoms with van der Waals surface area (Å²) >= 11 is 0. The minimum atomic E-state index is -1.91. The van der Waals surface area contributed by atoms with Crippen molar-refractivity contribution in [1.29, 1.82) is 0 Å². The van der Waals surface area contributed by atoms with Crippen molar-refractivity contribution in [3.8, 4) is 0 Å². The highest BCUT2D eigenvalue weighted by atomic mass is 16.8. The minimum Gasteiger partial charge on any atom is -0.394 e. The highest BCUT2D eigenvalue weighted by Gasteiger charge is 2.51. The van der Waals surface area contributed by atoms with Gasteiger partial charge in [0, 0.05) is 13.8 Å². The van der Waals surface area contributed by atoms with E-state index in [1.54, 1.807) is 0 Å². The van der Waals surface area contributed by atoms with Gasteiger partial charge in [-0.05, 0) is 0 Å². The maximum absolute atomic E-state index is 11.5. The average Bonchev–Trinajstić information content (AvgIpc) is 2.71. The predicted molar refractivity (Wildman–Crippen MR) is 93.8 cm³/mol. The van der Waals surface area contributed by atoms with Crippen molar-refractivity contribution < 1.29 is 64.4 Å². The summed E-state index contributed by atoms with van der Waals surface area (Å²) in [7, 11) is 0. The molecule has 15 heteroatoms. The van der Waals surface area contributed by atoms with Crippen LogP contribution in [-0.2, 0) is 28.6 Å². The Kier molecular flexibility index (Phi) is 8.79. The fraction of sp³-hybridized carbons (Fsp3) is 0.875. The van der Waals surface area contributed by atoms with Gasteiger partial charge >= 0.3 is 0 Å². The molecule has 0 aromatic rings. The second kappa shape index (κ2) is 10.5. The molecule has 0 saturated carbocycles. The Labute approximate surface area is 176 Å². The number of imide groups is 1. The van der Waals surface area contributed by atoms with Crippen molar-refractivity contribution in [3.63, 3.8) is 0 Å². The van der Waals surface area contributed by atoms with E-state index in [4.69, 9.17) is 24.8 Å². The summed E-state index contributed by atoms with van der Waals surface area (Å²) in [5.74, 6) is -1.66. The summed E-state index contributed by atoms with van der Waals surface area (Å²) in [6.45, 7) is 1.25. The first-order valence-electron chi connectivity index (χ1n) is 9.29. The molecule has 2 heterocycles. The van der Waals surface area contributed by atoms with E-state index in [0.717, 1.165) is 13.8 Å². The van der Waals surface area contributed by atoms with Crippen LogP contribution < -0.4 is 5.73 Å². The van der Waals surface area contributed by atoms with Gasteiger partial charge in [0.25, 0.3) is 0 Å². The molecule has 2 fully saturated rings. The third kappa shape index (κ3) is 5.54. The van der Waals surface area contributed by atoms with E-state index in [9.17, 15) is 45.3 Å². The molecule has 11 atom stereocenters. The molecule has 2 amide bonds. The molecule has 180 valence electrons. The summed E-state index contributed by atoms with van der Waals surface area (Å²) in [6.07, 6.45) is -19.2. The Balaban J connectivity index is 2.18. The van der Waals surface area contributed by atoms with Gasteiger partial charge in [-0.15, -0.1) is 0 Å². The van der Waals surface area contributed by atoms with Gasteiger partial charge in [0.15, 0.2) is 18.8 Å². The molecular formula is C16H28N2O13. The van der Waals surface area contributed by atoms with Gasteiger partial charge in [0.05, 0.1) is 6.61 Å². The molecule has 2 aliphatic heterocycles. The molecule has 2 rings (SSSR count). The van der Waals surface area contributed by atoms with Gasteiger partial charge in [-0.3, -0.25) is 9.59 Å². The fourth-order valence-corrected chi connectivity index (χ4v) is 3.20. The third-order valence-electron chi connectivity index (χ3n) is 4.86. The van der Waals surface area contributed by atoms with Crippen LogP contribution in [0.15, 0.2) is 0 Å². The van der Waals surface area contributed by atoms with E-state index in [1.807, 2.05) is 0 Å². The molecule has 0 aromatic heterocycles. The molecule has 0 bridgehead atoms. The summed E-state index contributed by atoms with van der Waals surface area (Å²) in [4.78, 5) is 28.0. The lowest BCUT2D eigenvalue weighted by Crippen LogP contribution is -2.66. The second-order valence-electron chi connectivity index (χ2n) is 7.17. The van der Waals surface area contributed by atoms with E-state index in [2.05, 4.69) is 0 Å². The van der Waals surface area contributed by atoms with Crippen LogP contribution in [-0.4, -0.2) is 127 Å². The Morgan fingerprint density at radius 2 is 1.52 bits per heavy atom. The van der Waals surface area contributed by atoms with Crippen molar-refractivity contribution in [2.45, 2.75) is 81.5 Å². The molecule has 15 nitrogen and oxygen atoms in total. The topological polar surface area (TPSA) is 242 Å². The van der Waals surface area contributed by atoms with Gasteiger partial charge in [0.2, 0.25) is 11.8 Å². The highest BCUT2D eigenvalue weighted by Crippen LogP contribution is 2.29. The number of carbonyl (C=O) groups is 2. The van der Waals surface area contributed by atoms with Crippen LogP contribution in [0.4, 0.5) is 0 Å². The number of nitrogens with two attached hydrogens (primary N) is 1. The van der Waals surface area contributed by atoms with Crippen molar-refractivity contribution in [2.75, 3.05) is 6.61 Å². The summed E-state index contributed by atoms with van der Waals surface area (Å²) in [5.41, 5.74) is 5.75. The zero-order valence-corrected chi connectivity index (χ0v) is 16.7. The normalized spacial score (nSPS) is 42.1. The molecule has 31 heavy (non-hydrogen) atoms. The van der Waals surface area contributed by atoms with E-state index in [0.29, 0.717) is 5.06 Å². The number of aliphatic hydroxyl groups excluding tert-OH is 7. The number of carbonyl (C=O) groups excluding carboxylic acids is 2. The molecule has 0 radical (unpaired) electrons. The molecule has 0 spiro atoms. The zero-order valence-electron chi connectivity index (χ0n) is 16.7. The van der Waals surface area contributed by atoms with Crippen LogP contribution in [0.3, 0.4) is 0 Å². The summed E-state index contributed by atoms with van der Waals surface area (Å²) in [5, 5.41) is 69.7. The number of hydroxylamine groups is 2. The van der Waals surface area contributed by atoms with Crippen LogP contribution in [0.1, 0.15) is 13.8 Å². The zero-order chi connectivity index (χ0) is 23.6. The van der Waals surface area contributed by atoms with Gasteiger partial charge in [0.1, 0.15) is 48.8 Å². The van der Waals surface area contributed by atoms with E-state index in [1.165, 1.54) is 0 Å². The number of nitrogens with zero attached hydrogens (tertiary/aromatic N) is 1. The van der Waals surface area contributed by atoms with Crippen molar-refractivity contribution in [2.24, 2.45) is 5.73 Å². The second-order valence-corrected chi connectivity index (χ2v) is 7.17. The Hall–Kier alpha value is -1.34. The number of rotatable bonds is 6. The molecule has 1 unspecified atom stereocenters. The van der Waals surface area contributed by atoms with E-state index < -0.39 is 86.1 Å². The van der Waals surface area contributed by atoms with Gasteiger partial charge in [-0.2, -0.15) is 5.06 Å². The first-order valence-corrected chi connectivity index (χ1v) is 9.29. The Morgan fingerprint density at radius 1 is 0.935 bits per heavy atom. The maximum atomic E-state index is 11.5. The van der Waals surface area contributed by atoms with Crippen molar-refractivity contribution in [1.82, 2.24) is 5.06 Å². The quantitative estimate of drug-likeness (QED) is 0.137. The largest absolute Gasteiger partial charge is 0.394 e. The summed E-state index contributed by atoms with van der Waals surface area (Å²) < 4.78 is 15.6. The maximum Gasteiger partial charge on any atom is 0.250 e. The predicted octanol–water partition coefficient (Wildman–Crippen LogP) is -5.78. The smallest absolute Gasteiger partial charge is 0.250 e. The van der Waals surface area contributed by atoms with Crippen molar-refractivity contribution in [3.05, 3.63) is 0 Å². The Bertz CT molecular complexity index is 623. The fourth-order valence-electron chi connectivity index (χ4n) is 3.20. The standard InChI is InChI=1S/C16H28N2O13/c1-4(20)18(5(2)21)31-14(17)13-8(23)7(22)11(26)16(30-13)29-12-6(3-19)28-15(27)10(25)9(12)24/h6-16,19,22-27H,3,17H2,1-2H3/t6-,7+,8-,9-,10-,11-,12-,13+,14?,15+,16-/m1/s1. The SMILES string of the molecule is CC(=O)N(OC(N)[C@H]1O[C@@H](O[C@H]2[C@H](O)[C@@H](O)[C@@H](O)O[C@@H]2CO)[C@H](O)[C@@H](O)[C@H]1O)C(C)=O. The van der Waals surface area contributed by atoms with Gasteiger partial charge in [-0.1, -0.05) is 0 Å². The van der Waals surface area contributed by atoms with Crippen molar-refractivity contribution >= 4 is 11.8 Å². The highest BCUT2D eigenvalue weighted by molar-refractivity contribution is 5.91. The van der Waals surface area contributed by atoms with Crippen LogP contribution in [0, 0.1) is 0 Å². The Morgan fingerprint density at radius 3 is 2.03 bits per heavy atom. The van der Waals surface area contributed by atoms with E-state index in [-0.39, 0.29) is 0 Å². The van der Waals surface area contributed by atoms with Crippen LogP contribution >= 0.6 is 0 Å². The monoisotopic (exact) mass is 456 g/mol. The third-order valence-corrected chi connectivity index (χ3v) is 4.86. The average molecular weight is 456 g/mol. The molecule has 2 saturated heterocycles. The lowest BCUT2D eigenvalue weighted by atomic mass is 9.96. The molecular weight excluding hydrogens is 428 g/mol. The van der Waals surface area contributed by atoms with E-state index >= 15 is 0 Å². The minimum absolute atomic E-state index is 0.298. The molecule has 0 aliphatic carbocycles. The molecule has 9 N–H and O–H groups in total. The number of hydrogen-bond acceptors (Lipinski definition) is 14.